The van der Waals surface area contributed by atoms with Crippen molar-refractivity contribution in [3.05, 3.63) is 78.1 Å². The van der Waals surface area contributed by atoms with E-state index >= 15 is 0 Å². The number of amides is 1. The summed E-state index contributed by atoms with van der Waals surface area (Å²) in [5.41, 5.74) is 0.477. The molecule has 1 amide bonds. The second-order valence-electron chi connectivity index (χ2n) is 6.34. The third kappa shape index (κ3) is 3.33. The minimum absolute atomic E-state index is 0.0705. The van der Waals surface area contributed by atoms with Crippen LogP contribution in [0.4, 0.5) is 24.5 Å². The van der Waals surface area contributed by atoms with Crippen LogP contribution in [0.5, 0.6) is 0 Å². The summed E-state index contributed by atoms with van der Waals surface area (Å²) in [7, 11) is -4.12. The Hall–Kier alpha value is -3.33. The van der Waals surface area contributed by atoms with Crippen LogP contribution in [0.25, 0.3) is 11.1 Å². The average molecular weight is 418 g/mol. The number of hydrogen-bond acceptors (Lipinski definition) is 3. The van der Waals surface area contributed by atoms with Gasteiger partial charge in [-0.3, -0.25) is 9.10 Å². The first-order valence-electron chi connectivity index (χ1n) is 8.44. The van der Waals surface area contributed by atoms with Crippen molar-refractivity contribution in [2.75, 3.05) is 16.2 Å². The standard InChI is InChI=1S/C20H13F3N2O3S/c21-12-6-8-18-15(9-12)14-3-1-2-4-19(14)29(27,28)25(18)11-20(26)24-17-7-5-13(22)10-16(17)23/h1-10H,11H2,(H,24,26). The topological polar surface area (TPSA) is 66.5 Å². The predicted octanol–water partition coefficient (Wildman–Crippen LogP) is 3.92. The van der Waals surface area contributed by atoms with Crippen LogP contribution in [0.1, 0.15) is 0 Å². The first kappa shape index (κ1) is 19.0. The lowest BCUT2D eigenvalue weighted by molar-refractivity contribution is -0.114. The van der Waals surface area contributed by atoms with E-state index in [9.17, 15) is 26.4 Å². The second-order valence-corrected chi connectivity index (χ2v) is 8.17. The van der Waals surface area contributed by atoms with E-state index in [0.717, 1.165) is 22.5 Å². The van der Waals surface area contributed by atoms with Crippen molar-refractivity contribution in [1.82, 2.24) is 0 Å². The Bertz CT molecular complexity index is 1250. The normalized spacial score (nSPS) is 14.1. The lowest BCUT2D eigenvalue weighted by Gasteiger charge is -2.31. The van der Waals surface area contributed by atoms with E-state index in [4.69, 9.17) is 0 Å². The summed E-state index contributed by atoms with van der Waals surface area (Å²) >= 11 is 0. The van der Waals surface area contributed by atoms with Crippen LogP contribution in [0.2, 0.25) is 0 Å². The quantitative estimate of drug-likeness (QED) is 0.701. The molecule has 3 aromatic rings. The van der Waals surface area contributed by atoms with Gasteiger partial charge in [0.05, 0.1) is 16.3 Å². The van der Waals surface area contributed by atoms with Crippen LogP contribution >= 0.6 is 0 Å². The molecule has 0 saturated heterocycles. The Morgan fingerprint density at radius 2 is 1.59 bits per heavy atom. The molecule has 1 N–H and O–H groups in total. The molecule has 5 nitrogen and oxygen atoms in total. The Morgan fingerprint density at radius 3 is 2.34 bits per heavy atom. The van der Waals surface area contributed by atoms with E-state index in [1.807, 2.05) is 0 Å². The van der Waals surface area contributed by atoms with Gasteiger partial charge in [0, 0.05) is 17.2 Å². The van der Waals surface area contributed by atoms with Crippen LogP contribution in [0, 0.1) is 17.5 Å². The Kier molecular flexibility index (Phi) is 4.54. The van der Waals surface area contributed by atoms with Crippen LogP contribution in [0.15, 0.2) is 65.6 Å². The minimum Gasteiger partial charge on any atom is -0.322 e. The average Bonchev–Trinajstić information content (AvgIpc) is 2.68. The largest absolute Gasteiger partial charge is 0.322 e. The number of nitrogens with zero attached hydrogens (tertiary/aromatic N) is 1. The smallest absolute Gasteiger partial charge is 0.265 e. The number of fused-ring (bicyclic) bond motifs is 3. The van der Waals surface area contributed by atoms with Gasteiger partial charge in [-0.15, -0.1) is 0 Å². The summed E-state index contributed by atoms with van der Waals surface area (Å²) in [4.78, 5) is 12.4. The summed E-state index contributed by atoms with van der Waals surface area (Å²) in [5.74, 6) is -3.20. The van der Waals surface area contributed by atoms with Crippen molar-refractivity contribution in [3.63, 3.8) is 0 Å². The number of hydrogen-bond donors (Lipinski definition) is 1. The number of anilines is 2. The second kappa shape index (κ2) is 6.93. The zero-order chi connectivity index (χ0) is 20.8. The maximum atomic E-state index is 13.8. The number of carbonyl (C=O) groups is 1. The van der Waals surface area contributed by atoms with Gasteiger partial charge in [-0.1, -0.05) is 18.2 Å². The van der Waals surface area contributed by atoms with Crippen LogP contribution < -0.4 is 9.62 Å². The molecule has 9 heteroatoms. The number of nitrogens with one attached hydrogen (secondary N) is 1. The van der Waals surface area contributed by atoms with Crippen molar-refractivity contribution >= 4 is 27.3 Å². The molecule has 0 unspecified atom stereocenters. The number of benzene rings is 3. The molecule has 148 valence electrons. The molecule has 0 bridgehead atoms. The molecule has 0 saturated carbocycles. The van der Waals surface area contributed by atoms with E-state index in [1.165, 1.54) is 24.3 Å². The fourth-order valence-electron chi connectivity index (χ4n) is 3.18. The highest BCUT2D eigenvalue weighted by Crippen LogP contribution is 2.43. The van der Waals surface area contributed by atoms with E-state index < -0.39 is 39.9 Å². The lowest BCUT2D eigenvalue weighted by atomic mass is 10.0. The zero-order valence-corrected chi connectivity index (χ0v) is 15.5. The van der Waals surface area contributed by atoms with Gasteiger partial charge in [0.1, 0.15) is 24.0 Å². The maximum absolute atomic E-state index is 13.8. The zero-order valence-electron chi connectivity index (χ0n) is 14.7. The molecule has 0 aromatic heterocycles. The number of rotatable bonds is 3. The van der Waals surface area contributed by atoms with E-state index in [1.54, 1.807) is 12.1 Å². The number of carbonyl (C=O) groups excluding carboxylic acids is 1. The van der Waals surface area contributed by atoms with Gasteiger partial charge in [0.25, 0.3) is 10.0 Å². The van der Waals surface area contributed by atoms with E-state index in [0.29, 0.717) is 17.2 Å². The van der Waals surface area contributed by atoms with Gasteiger partial charge in [0.2, 0.25) is 5.91 Å². The highest BCUT2D eigenvalue weighted by molar-refractivity contribution is 7.93. The van der Waals surface area contributed by atoms with Crippen LogP contribution in [-0.2, 0) is 14.8 Å². The minimum atomic E-state index is -4.12. The fourth-order valence-corrected chi connectivity index (χ4v) is 4.83. The first-order valence-corrected chi connectivity index (χ1v) is 9.88. The molecule has 0 aliphatic carbocycles. The molecule has 3 aromatic carbocycles. The third-order valence-corrected chi connectivity index (χ3v) is 6.28. The van der Waals surface area contributed by atoms with Crippen molar-refractivity contribution in [1.29, 1.82) is 0 Å². The molecule has 1 aliphatic heterocycles. The molecule has 0 radical (unpaired) electrons. The first-order chi connectivity index (χ1) is 13.8. The summed E-state index contributed by atoms with van der Waals surface area (Å²) in [6.45, 7) is -0.674. The molecule has 0 spiro atoms. The van der Waals surface area contributed by atoms with Crippen LogP contribution in [-0.4, -0.2) is 20.9 Å². The monoisotopic (exact) mass is 418 g/mol. The molecule has 29 heavy (non-hydrogen) atoms. The molecule has 0 atom stereocenters. The fraction of sp³-hybridized carbons (Fsp3) is 0.0500. The maximum Gasteiger partial charge on any atom is 0.265 e. The molecule has 1 aliphatic rings. The van der Waals surface area contributed by atoms with Crippen molar-refractivity contribution in [3.8, 4) is 11.1 Å². The number of sulfonamides is 1. The summed E-state index contributed by atoms with van der Waals surface area (Å²) in [6, 6.07) is 12.2. The van der Waals surface area contributed by atoms with Crippen molar-refractivity contribution in [2.45, 2.75) is 4.90 Å². The summed E-state index contributed by atoms with van der Waals surface area (Å²) in [5, 5.41) is 2.23. The number of halogens is 3. The van der Waals surface area contributed by atoms with Gasteiger partial charge in [-0.2, -0.15) is 0 Å². The Balaban J connectivity index is 1.73. The summed E-state index contributed by atoms with van der Waals surface area (Å²) < 4.78 is 67.6. The summed E-state index contributed by atoms with van der Waals surface area (Å²) in [6.07, 6.45) is 0. The van der Waals surface area contributed by atoms with E-state index in [2.05, 4.69) is 5.32 Å². The highest BCUT2D eigenvalue weighted by Gasteiger charge is 2.36. The molecule has 0 fully saturated rings. The Morgan fingerprint density at radius 1 is 0.897 bits per heavy atom. The third-order valence-electron chi connectivity index (χ3n) is 4.47. The van der Waals surface area contributed by atoms with Gasteiger partial charge in [-0.25, -0.2) is 21.6 Å². The SMILES string of the molecule is O=C(CN1c2ccc(F)cc2-c2ccccc2S1(=O)=O)Nc1ccc(F)cc1F. The van der Waals surface area contributed by atoms with Crippen molar-refractivity contribution < 1.29 is 26.4 Å². The van der Waals surface area contributed by atoms with Gasteiger partial charge in [0.15, 0.2) is 0 Å². The van der Waals surface area contributed by atoms with Crippen molar-refractivity contribution in [2.24, 2.45) is 0 Å². The van der Waals surface area contributed by atoms with E-state index in [-0.39, 0.29) is 16.3 Å². The highest BCUT2D eigenvalue weighted by atomic mass is 32.2. The molecule has 4 rings (SSSR count). The van der Waals surface area contributed by atoms with Gasteiger partial charge in [-0.05, 0) is 36.4 Å². The molecule has 1 heterocycles. The van der Waals surface area contributed by atoms with Crippen LogP contribution in [0.3, 0.4) is 0 Å². The predicted molar refractivity (Wildman–Crippen MR) is 101 cm³/mol. The lowest BCUT2D eigenvalue weighted by Crippen LogP contribution is -2.40. The molecular formula is C20H13F3N2O3S. The Labute approximate surface area is 164 Å². The van der Waals surface area contributed by atoms with Gasteiger partial charge >= 0.3 is 0 Å². The molecular weight excluding hydrogens is 405 g/mol. The van der Waals surface area contributed by atoms with Gasteiger partial charge < -0.3 is 5.32 Å².